The van der Waals surface area contributed by atoms with Crippen LogP contribution in [0, 0.1) is 6.92 Å². The number of nitrogens with one attached hydrogen (secondary N) is 1. The van der Waals surface area contributed by atoms with Crippen molar-refractivity contribution in [3.63, 3.8) is 0 Å². The van der Waals surface area contributed by atoms with Crippen molar-refractivity contribution in [2.45, 2.75) is 6.92 Å². The van der Waals surface area contributed by atoms with Crippen molar-refractivity contribution in [3.05, 3.63) is 58.6 Å². The van der Waals surface area contributed by atoms with Gasteiger partial charge >= 0.3 is 0 Å². The minimum absolute atomic E-state index is 0.135. The van der Waals surface area contributed by atoms with Crippen molar-refractivity contribution in [3.8, 4) is 0 Å². The van der Waals surface area contributed by atoms with Crippen LogP contribution in [-0.4, -0.2) is 32.2 Å². The minimum Gasteiger partial charge on any atom is -0.378 e. The molecule has 1 aliphatic heterocycles. The smallest absolute Gasteiger partial charge is 0.255 e. The largest absolute Gasteiger partial charge is 0.378 e. The first-order chi connectivity index (χ1) is 11.1. The Kier molecular flexibility index (Phi) is 4.84. The topological polar surface area (TPSA) is 41.6 Å². The molecule has 1 N–H and O–H groups in total. The van der Waals surface area contributed by atoms with Crippen LogP contribution in [0.25, 0.3) is 0 Å². The van der Waals surface area contributed by atoms with Crippen LogP contribution in [0.2, 0.25) is 5.02 Å². The zero-order valence-electron chi connectivity index (χ0n) is 13.0. The summed E-state index contributed by atoms with van der Waals surface area (Å²) in [7, 11) is 0. The third-order valence-electron chi connectivity index (χ3n) is 3.84. The molecule has 2 aromatic carbocycles. The molecule has 0 atom stereocenters. The van der Waals surface area contributed by atoms with Crippen molar-refractivity contribution in [2.24, 2.45) is 0 Å². The van der Waals surface area contributed by atoms with Crippen LogP contribution in [-0.2, 0) is 4.74 Å². The van der Waals surface area contributed by atoms with Gasteiger partial charge in [0.1, 0.15) is 0 Å². The van der Waals surface area contributed by atoms with E-state index in [2.05, 4.69) is 10.2 Å². The van der Waals surface area contributed by atoms with Gasteiger partial charge in [-0.05, 0) is 37.3 Å². The Labute approximate surface area is 141 Å². The summed E-state index contributed by atoms with van der Waals surface area (Å²) in [6, 6.07) is 13.1. The van der Waals surface area contributed by atoms with E-state index in [-0.39, 0.29) is 5.91 Å². The molecule has 0 bridgehead atoms. The molecule has 5 heteroatoms. The predicted molar refractivity (Wildman–Crippen MR) is 93.6 cm³/mol. The fourth-order valence-electron chi connectivity index (χ4n) is 2.63. The number of halogens is 1. The number of hydrogen-bond acceptors (Lipinski definition) is 3. The summed E-state index contributed by atoms with van der Waals surface area (Å²) in [6.07, 6.45) is 0. The summed E-state index contributed by atoms with van der Waals surface area (Å²) in [4.78, 5) is 14.5. The molecule has 0 aliphatic carbocycles. The van der Waals surface area contributed by atoms with Crippen molar-refractivity contribution in [1.29, 1.82) is 0 Å². The average Bonchev–Trinajstić information content (AvgIpc) is 2.56. The van der Waals surface area contributed by atoms with Crippen molar-refractivity contribution in [2.75, 3.05) is 36.5 Å². The lowest BCUT2D eigenvalue weighted by Crippen LogP contribution is -2.36. The number of carbonyl (C=O) groups is 1. The van der Waals surface area contributed by atoms with Crippen LogP contribution in [0.1, 0.15) is 15.9 Å². The highest BCUT2D eigenvalue weighted by atomic mass is 35.5. The second kappa shape index (κ2) is 7.02. The van der Waals surface area contributed by atoms with Crippen LogP contribution >= 0.6 is 11.6 Å². The molecule has 1 heterocycles. The minimum atomic E-state index is -0.135. The standard InChI is InChI=1S/C18H19ClN2O2/c1-13-3-2-4-14(11-13)18(22)20-15-5-6-17(16(19)12-15)21-7-9-23-10-8-21/h2-6,11-12H,7-10H2,1H3,(H,20,22). The monoisotopic (exact) mass is 330 g/mol. The average molecular weight is 331 g/mol. The van der Waals surface area contributed by atoms with Crippen LogP contribution < -0.4 is 10.2 Å². The van der Waals surface area contributed by atoms with Crippen molar-refractivity contribution in [1.82, 2.24) is 0 Å². The summed E-state index contributed by atoms with van der Waals surface area (Å²) in [5.74, 6) is -0.135. The second-order valence-electron chi connectivity index (χ2n) is 5.59. The third kappa shape index (κ3) is 3.84. The van der Waals surface area contributed by atoms with E-state index in [1.165, 1.54) is 0 Å². The van der Waals surface area contributed by atoms with Gasteiger partial charge in [-0.15, -0.1) is 0 Å². The first-order valence-electron chi connectivity index (χ1n) is 7.64. The van der Waals surface area contributed by atoms with Crippen LogP contribution in [0.3, 0.4) is 0 Å². The molecule has 0 aromatic heterocycles. The molecule has 120 valence electrons. The van der Waals surface area contributed by atoms with Crippen molar-refractivity contribution < 1.29 is 9.53 Å². The van der Waals surface area contributed by atoms with E-state index < -0.39 is 0 Å². The van der Waals surface area contributed by atoms with Crippen molar-refractivity contribution >= 4 is 28.9 Å². The maximum atomic E-state index is 12.3. The van der Waals surface area contributed by atoms with Gasteiger partial charge in [0.15, 0.2) is 0 Å². The number of anilines is 2. The molecule has 0 spiro atoms. The van der Waals surface area contributed by atoms with E-state index >= 15 is 0 Å². The summed E-state index contributed by atoms with van der Waals surface area (Å²) in [5, 5.41) is 3.52. The molecule has 1 aliphatic rings. The van der Waals surface area contributed by atoms with Crippen LogP contribution in [0.4, 0.5) is 11.4 Å². The number of ether oxygens (including phenoxy) is 1. The van der Waals surface area contributed by atoms with Gasteiger partial charge in [-0.1, -0.05) is 29.3 Å². The Morgan fingerprint density at radius 3 is 2.65 bits per heavy atom. The lowest BCUT2D eigenvalue weighted by Gasteiger charge is -2.29. The highest BCUT2D eigenvalue weighted by molar-refractivity contribution is 6.33. The summed E-state index contributed by atoms with van der Waals surface area (Å²) in [5.41, 5.74) is 3.36. The van der Waals surface area contributed by atoms with Gasteiger partial charge in [0.25, 0.3) is 5.91 Å². The number of rotatable bonds is 3. The Bertz CT molecular complexity index is 712. The van der Waals surface area contributed by atoms with E-state index in [1.54, 1.807) is 12.1 Å². The molecule has 1 amide bonds. The van der Waals surface area contributed by atoms with Gasteiger partial charge in [-0.25, -0.2) is 0 Å². The van der Waals surface area contributed by atoms with E-state index in [4.69, 9.17) is 16.3 Å². The van der Waals surface area contributed by atoms with Gasteiger partial charge < -0.3 is 15.0 Å². The number of nitrogens with zero attached hydrogens (tertiary/aromatic N) is 1. The van der Waals surface area contributed by atoms with E-state index in [9.17, 15) is 4.79 Å². The lowest BCUT2D eigenvalue weighted by molar-refractivity contribution is 0.102. The first kappa shape index (κ1) is 15.8. The molecule has 1 saturated heterocycles. The van der Waals surface area contributed by atoms with Crippen LogP contribution in [0.15, 0.2) is 42.5 Å². The zero-order chi connectivity index (χ0) is 16.2. The van der Waals surface area contributed by atoms with E-state index in [0.717, 1.165) is 24.3 Å². The molecular weight excluding hydrogens is 312 g/mol. The summed E-state index contributed by atoms with van der Waals surface area (Å²) in [6.45, 7) is 5.04. The predicted octanol–water partition coefficient (Wildman–Crippen LogP) is 3.74. The van der Waals surface area contributed by atoms with Crippen LogP contribution in [0.5, 0.6) is 0 Å². The Morgan fingerprint density at radius 2 is 1.96 bits per heavy atom. The summed E-state index contributed by atoms with van der Waals surface area (Å²) >= 11 is 6.38. The molecule has 23 heavy (non-hydrogen) atoms. The number of benzene rings is 2. The zero-order valence-corrected chi connectivity index (χ0v) is 13.8. The quantitative estimate of drug-likeness (QED) is 0.932. The number of aryl methyl sites for hydroxylation is 1. The molecule has 0 saturated carbocycles. The van der Waals surface area contributed by atoms with Gasteiger partial charge in [0.05, 0.1) is 23.9 Å². The molecule has 4 nitrogen and oxygen atoms in total. The molecular formula is C18H19ClN2O2. The Hall–Kier alpha value is -2.04. The molecule has 2 aromatic rings. The molecule has 0 radical (unpaired) electrons. The fourth-order valence-corrected chi connectivity index (χ4v) is 2.93. The van der Waals surface area contributed by atoms with Gasteiger partial charge in [-0.2, -0.15) is 0 Å². The fraction of sp³-hybridized carbons (Fsp3) is 0.278. The van der Waals surface area contributed by atoms with Gasteiger partial charge in [0, 0.05) is 24.3 Å². The maximum absolute atomic E-state index is 12.3. The molecule has 1 fully saturated rings. The third-order valence-corrected chi connectivity index (χ3v) is 4.14. The highest BCUT2D eigenvalue weighted by Crippen LogP contribution is 2.29. The highest BCUT2D eigenvalue weighted by Gasteiger charge is 2.15. The number of carbonyl (C=O) groups excluding carboxylic acids is 1. The summed E-state index contributed by atoms with van der Waals surface area (Å²) < 4.78 is 5.35. The molecule has 0 unspecified atom stereocenters. The van der Waals surface area contributed by atoms with Gasteiger partial charge in [0.2, 0.25) is 0 Å². The Balaban J connectivity index is 1.73. The van der Waals surface area contributed by atoms with Gasteiger partial charge in [-0.3, -0.25) is 4.79 Å². The molecule has 3 rings (SSSR count). The number of morpholine rings is 1. The number of amides is 1. The van der Waals surface area contributed by atoms with E-state index in [1.807, 2.05) is 37.3 Å². The second-order valence-corrected chi connectivity index (χ2v) is 6.00. The lowest BCUT2D eigenvalue weighted by atomic mass is 10.1. The number of hydrogen-bond donors (Lipinski definition) is 1. The van der Waals surface area contributed by atoms with E-state index in [0.29, 0.717) is 29.5 Å². The SMILES string of the molecule is Cc1cccc(C(=O)Nc2ccc(N3CCOCC3)c(Cl)c2)c1. The normalized spacial score (nSPS) is 14.6. The Morgan fingerprint density at radius 1 is 1.17 bits per heavy atom. The first-order valence-corrected chi connectivity index (χ1v) is 8.01. The maximum Gasteiger partial charge on any atom is 0.255 e.